The molecule has 214 valence electrons. The van der Waals surface area contributed by atoms with Crippen LogP contribution in [0.3, 0.4) is 0 Å². The van der Waals surface area contributed by atoms with Crippen LogP contribution in [0.5, 0.6) is 5.75 Å². The summed E-state index contributed by atoms with van der Waals surface area (Å²) in [6.45, 7) is 6.23. The van der Waals surface area contributed by atoms with Gasteiger partial charge in [0.25, 0.3) is 0 Å². The van der Waals surface area contributed by atoms with Gasteiger partial charge in [-0.05, 0) is 62.6 Å². The van der Waals surface area contributed by atoms with Gasteiger partial charge < -0.3 is 29.5 Å². The van der Waals surface area contributed by atoms with E-state index in [1.165, 1.54) is 12.8 Å². The normalized spacial score (nSPS) is 20.4. The summed E-state index contributed by atoms with van der Waals surface area (Å²) in [4.78, 5) is 30.7. The number of amides is 2. The van der Waals surface area contributed by atoms with E-state index in [2.05, 4.69) is 24.2 Å². The molecule has 0 radical (unpaired) electrons. The molecule has 1 aliphatic carbocycles. The second-order valence-corrected chi connectivity index (χ2v) is 11.9. The molecule has 1 fully saturated rings. The van der Waals surface area contributed by atoms with Crippen LogP contribution in [0.2, 0.25) is 0 Å². The number of para-hydroxylation sites is 1. The Morgan fingerprint density at radius 1 is 1.20 bits per heavy atom. The molecule has 8 nitrogen and oxygen atoms in total. The first-order valence-electron chi connectivity index (χ1n) is 14.4. The lowest BCUT2D eigenvalue weighted by Crippen LogP contribution is -2.47. The van der Waals surface area contributed by atoms with Crippen molar-refractivity contribution in [3.8, 4) is 5.75 Å². The number of aliphatic hydroxyl groups excluding tert-OH is 1. The second kappa shape index (κ2) is 12.0. The van der Waals surface area contributed by atoms with Crippen molar-refractivity contribution in [2.24, 2.45) is 18.9 Å². The molecule has 1 aromatic heterocycles. The topological polar surface area (TPSA) is 87.0 Å². The zero-order valence-electron chi connectivity index (χ0n) is 24.1. The summed E-state index contributed by atoms with van der Waals surface area (Å²) in [7, 11) is 4.12. The van der Waals surface area contributed by atoms with Crippen LogP contribution in [0.15, 0.2) is 48.7 Å². The van der Waals surface area contributed by atoms with E-state index in [9.17, 15) is 14.7 Å². The summed E-state index contributed by atoms with van der Waals surface area (Å²) in [5.41, 5.74) is 3.44. The first-order valence-corrected chi connectivity index (χ1v) is 14.4. The van der Waals surface area contributed by atoms with Crippen LogP contribution in [0.25, 0.3) is 10.9 Å². The van der Waals surface area contributed by atoms with Gasteiger partial charge in [0.15, 0.2) is 0 Å². The molecule has 2 N–H and O–H groups in total. The van der Waals surface area contributed by atoms with E-state index in [4.69, 9.17) is 4.74 Å². The molecular weight excluding hydrogens is 504 g/mol. The Balaban J connectivity index is 1.37. The van der Waals surface area contributed by atoms with Gasteiger partial charge in [-0.2, -0.15) is 0 Å². The first-order chi connectivity index (χ1) is 19.2. The minimum atomic E-state index is -0.287. The van der Waals surface area contributed by atoms with Crippen LogP contribution in [0, 0.1) is 11.8 Å². The van der Waals surface area contributed by atoms with Gasteiger partial charge in [-0.1, -0.05) is 25.1 Å². The largest absolute Gasteiger partial charge is 0.488 e. The Bertz CT molecular complexity index is 1360. The number of benzene rings is 2. The van der Waals surface area contributed by atoms with Gasteiger partial charge in [0.2, 0.25) is 11.8 Å². The van der Waals surface area contributed by atoms with Crippen LogP contribution in [0.4, 0.5) is 5.69 Å². The highest BCUT2D eigenvalue weighted by Gasteiger charge is 2.32. The number of hydrogen-bond donors (Lipinski definition) is 2. The number of carbonyl (C=O) groups excluding carboxylic acids is 2. The van der Waals surface area contributed by atoms with Gasteiger partial charge >= 0.3 is 0 Å². The number of anilines is 1. The van der Waals surface area contributed by atoms with Crippen LogP contribution in [-0.4, -0.2) is 76.7 Å². The number of nitrogens with one attached hydrogen (secondary N) is 1. The highest BCUT2D eigenvalue weighted by Crippen LogP contribution is 2.32. The average Bonchev–Trinajstić information content (AvgIpc) is 3.68. The lowest BCUT2D eigenvalue weighted by atomic mass is 10.0. The minimum Gasteiger partial charge on any atom is -0.488 e. The number of aryl methyl sites for hydroxylation is 1. The third-order valence-corrected chi connectivity index (χ3v) is 8.29. The molecule has 3 aromatic rings. The molecule has 0 bridgehead atoms. The van der Waals surface area contributed by atoms with Gasteiger partial charge in [0, 0.05) is 61.0 Å². The molecule has 1 aliphatic heterocycles. The number of hydrogen-bond acceptors (Lipinski definition) is 5. The Hall–Kier alpha value is -3.36. The van der Waals surface area contributed by atoms with E-state index in [-0.39, 0.29) is 49.3 Å². The van der Waals surface area contributed by atoms with Gasteiger partial charge in [-0.25, -0.2) is 0 Å². The fraction of sp³-hybridized carbons (Fsp3) is 0.500. The van der Waals surface area contributed by atoms with E-state index in [0.29, 0.717) is 18.0 Å². The van der Waals surface area contributed by atoms with Crippen molar-refractivity contribution in [3.63, 3.8) is 0 Å². The second-order valence-electron chi connectivity index (χ2n) is 11.9. The molecule has 2 aromatic carbocycles. The quantitative estimate of drug-likeness (QED) is 0.426. The molecule has 3 atom stereocenters. The fourth-order valence-electron chi connectivity index (χ4n) is 5.79. The minimum absolute atomic E-state index is 0.0514. The predicted octanol–water partition coefficient (Wildman–Crippen LogP) is 3.85. The van der Waals surface area contributed by atoms with Gasteiger partial charge in [-0.15, -0.1) is 0 Å². The maximum absolute atomic E-state index is 13.5. The number of likely N-dealkylation sites (N-methyl/N-ethyl adjacent to an activating group) is 1. The van der Waals surface area contributed by atoms with Crippen LogP contribution in [-0.2, 0) is 29.5 Å². The van der Waals surface area contributed by atoms with Crippen molar-refractivity contribution in [2.75, 3.05) is 38.6 Å². The molecule has 0 saturated heterocycles. The molecule has 1 saturated carbocycles. The zero-order chi connectivity index (χ0) is 28.4. The van der Waals surface area contributed by atoms with Crippen molar-refractivity contribution in [3.05, 3.63) is 59.8 Å². The van der Waals surface area contributed by atoms with Gasteiger partial charge in [-0.3, -0.25) is 9.59 Å². The van der Waals surface area contributed by atoms with Crippen molar-refractivity contribution >= 4 is 28.4 Å². The summed E-state index contributed by atoms with van der Waals surface area (Å²) in [6.07, 6.45) is 4.86. The third-order valence-electron chi connectivity index (χ3n) is 8.29. The summed E-state index contributed by atoms with van der Waals surface area (Å²) in [5, 5.41) is 14.0. The van der Waals surface area contributed by atoms with E-state index in [1.54, 1.807) is 4.90 Å². The highest BCUT2D eigenvalue weighted by molar-refractivity contribution is 5.96. The predicted molar refractivity (Wildman–Crippen MR) is 157 cm³/mol. The van der Waals surface area contributed by atoms with E-state index in [0.717, 1.165) is 41.0 Å². The Morgan fingerprint density at radius 3 is 2.73 bits per heavy atom. The number of aromatic nitrogens is 1. The number of aliphatic hydroxyl groups is 1. The third kappa shape index (κ3) is 6.50. The Morgan fingerprint density at radius 2 is 1.98 bits per heavy atom. The SMILES string of the molecule is C[C@@H]1CN([C@H](C)CO)C(=O)Cc2cc(NC(=O)Cc3cn(C)c4ccccc34)ccc2O[C@H]1CN(C)CC1CC1. The molecular formula is C32H42N4O4. The van der Waals surface area contributed by atoms with E-state index >= 15 is 0 Å². The van der Waals surface area contributed by atoms with Crippen LogP contribution in [0.1, 0.15) is 37.8 Å². The van der Waals surface area contributed by atoms with Gasteiger partial charge in [0.05, 0.1) is 25.5 Å². The maximum atomic E-state index is 13.5. The molecule has 40 heavy (non-hydrogen) atoms. The Labute approximate surface area is 236 Å². The smallest absolute Gasteiger partial charge is 0.228 e. The molecule has 5 rings (SSSR count). The lowest BCUT2D eigenvalue weighted by Gasteiger charge is -2.34. The van der Waals surface area contributed by atoms with Crippen molar-refractivity contribution in [1.82, 2.24) is 14.4 Å². The highest BCUT2D eigenvalue weighted by atomic mass is 16.5. The zero-order valence-corrected chi connectivity index (χ0v) is 24.1. The van der Waals surface area contributed by atoms with Crippen LogP contribution < -0.4 is 10.1 Å². The lowest BCUT2D eigenvalue weighted by molar-refractivity contribution is -0.134. The number of ether oxygens (including phenoxy) is 1. The van der Waals surface area contributed by atoms with Crippen LogP contribution >= 0.6 is 0 Å². The molecule has 2 aliphatic rings. The number of carbonyl (C=O) groups is 2. The average molecular weight is 547 g/mol. The van der Waals surface area contributed by atoms with E-state index in [1.807, 2.05) is 67.2 Å². The van der Waals surface area contributed by atoms with E-state index < -0.39 is 0 Å². The van der Waals surface area contributed by atoms with Crippen molar-refractivity contribution in [2.45, 2.75) is 51.7 Å². The Kier molecular flexibility index (Phi) is 8.47. The standard InChI is InChI=1S/C32H42N4O4/c1-21-16-36(22(2)20-37)32(39)15-24-13-26(11-12-29(24)40-30(21)19-34(3)17-23-9-10-23)33-31(38)14-25-18-35(4)28-8-6-5-7-27(25)28/h5-8,11-13,18,21-23,30,37H,9-10,14-17,19-20H2,1-4H3,(H,33,38)/t21-,22-,30+/m1/s1. The number of rotatable bonds is 9. The first kappa shape index (κ1) is 28.2. The molecule has 2 amide bonds. The maximum Gasteiger partial charge on any atom is 0.228 e. The monoisotopic (exact) mass is 546 g/mol. The summed E-state index contributed by atoms with van der Waals surface area (Å²) in [6, 6.07) is 13.4. The summed E-state index contributed by atoms with van der Waals surface area (Å²) < 4.78 is 8.66. The number of fused-ring (bicyclic) bond motifs is 2. The fourth-order valence-corrected chi connectivity index (χ4v) is 5.79. The summed E-state index contributed by atoms with van der Waals surface area (Å²) >= 11 is 0. The number of nitrogens with zero attached hydrogens (tertiary/aromatic N) is 3. The molecule has 8 heteroatoms. The molecule has 0 unspecified atom stereocenters. The molecule has 0 spiro atoms. The van der Waals surface area contributed by atoms with Crippen molar-refractivity contribution in [1.29, 1.82) is 0 Å². The van der Waals surface area contributed by atoms with Gasteiger partial charge in [0.1, 0.15) is 11.9 Å². The van der Waals surface area contributed by atoms with Crippen molar-refractivity contribution < 1.29 is 19.4 Å². The summed E-state index contributed by atoms with van der Waals surface area (Å²) in [5.74, 6) is 1.36. The molecule has 2 heterocycles.